The van der Waals surface area contributed by atoms with Gasteiger partial charge in [-0.05, 0) is 6.07 Å². The second-order valence-electron chi connectivity index (χ2n) is 2.51. The average molecular weight is 221 g/mol. The minimum Gasteiger partial charge on any atom is -0.325 e. The number of rotatable bonds is 3. The quantitative estimate of drug-likeness (QED) is 0.792. The van der Waals surface area contributed by atoms with Crippen molar-refractivity contribution in [1.82, 2.24) is 4.98 Å². The topological polar surface area (TPSA) is 56.0 Å². The normalized spacial score (nSPS) is 10.6. The standard InChI is InChI=1S/C8H7ClF2N2O/c9-5-1-4(8(10)11)6(2-12)13-7(5)3-14/h1,3,8H,2,12H2. The van der Waals surface area contributed by atoms with Crippen LogP contribution in [0.2, 0.25) is 5.02 Å². The number of nitrogens with two attached hydrogens (primary N) is 1. The van der Waals surface area contributed by atoms with Crippen LogP contribution >= 0.6 is 11.6 Å². The van der Waals surface area contributed by atoms with Crippen molar-refractivity contribution in [2.45, 2.75) is 13.0 Å². The number of hydrogen-bond donors (Lipinski definition) is 1. The molecular weight excluding hydrogens is 214 g/mol. The summed E-state index contributed by atoms with van der Waals surface area (Å²) in [5, 5.41) is -0.0903. The summed E-state index contributed by atoms with van der Waals surface area (Å²) in [6.45, 7) is -0.155. The Morgan fingerprint density at radius 3 is 2.71 bits per heavy atom. The molecule has 0 saturated carbocycles. The maximum Gasteiger partial charge on any atom is 0.265 e. The van der Waals surface area contributed by atoms with Crippen LogP contribution < -0.4 is 5.73 Å². The molecule has 0 amide bonds. The fourth-order valence-electron chi connectivity index (χ4n) is 0.992. The summed E-state index contributed by atoms with van der Waals surface area (Å²) in [7, 11) is 0. The number of carbonyl (C=O) groups is 1. The minimum atomic E-state index is -2.70. The number of pyridine rings is 1. The van der Waals surface area contributed by atoms with Crippen LogP contribution in [-0.2, 0) is 6.54 Å². The Bertz CT molecular complexity index is 357. The lowest BCUT2D eigenvalue weighted by Gasteiger charge is -2.07. The molecule has 0 radical (unpaired) electrons. The van der Waals surface area contributed by atoms with Crippen LogP contribution in [0.1, 0.15) is 28.2 Å². The van der Waals surface area contributed by atoms with Gasteiger partial charge in [0.1, 0.15) is 5.69 Å². The molecule has 0 saturated heterocycles. The second-order valence-corrected chi connectivity index (χ2v) is 2.92. The number of halogens is 3. The Hall–Kier alpha value is -1.07. The highest BCUT2D eigenvalue weighted by Crippen LogP contribution is 2.25. The third kappa shape index (κ3) is 2.05. The maximum absolute atomic E-state index is 12.4. The van der Waals surface area contributed by atoms with E-state index in [9.17, 15) is 13.6 Å². The van der Waals surface area contributed by atoms with E-state index in [-0.39, 0.29) is 28.5 Å². The maximum atomic E-state index is 12.4. The van der Waals surface area contributed by atoms with Crippen molar-refractivity contribution in [3.8, 4) is 0 Å². The van der Waals surface area contributed by atoms with Crippen LogP contribution in [0.25, 0.3) is 0 Å². The monoisotopic (exact) mass is 220 g/mol. The Kier molecular flexibility index (Phi) is 3.49. The molecule has 1 aromatic heterocycles. The fraction of sp³-hybridized carbons (Fsp3) is 0.250. The third-order valence-electron chi connectivity index (χ3n) is 1.66. The van der Waals surface area contributed by atoms with Gasteiger partial charge in [-0.3, -0.25) is 4.79 Å². The summed E-state index contributed by atoms with van der Waals surface area (Å²) in [4.78, 5) is 14.0. The first-order valence-corrected chi connectivity index (χ1v) is 4.10. The smallest absolute Gasteiger partial charge is 0.265 e. The fourth-order valence-corrected chi connectivity index (χ4v) is 1.20. The molecule has 0 atom stereocenters. The molecule has 6 heteroatoms. The van der Waals surface area contributed by atoms with E-state index in [1.54, 1.807) is 0 Å². The first-order valence-electron chi connectivity index (χ1n) is 3.72. The molecule has 0 aliphatic rings. The molecule has 0 spiro atoms. The summed E-state index contributed by atoms with van der Waals surface area (Å²) in [6.07, 6.45) is -2.30. The van der Waals surface area contributed by atoms with Gasteiger partial charge < -0.3 is 5.73 Å². The molecule has 1 aromatic rings. The molecular formula is C8H7ClF2N2O. The van der Waals surface area contributed by atoms with E-state index < -0.39 is 6.43 Å². The minimum absolute atomic E-state index is 0.00787. The molecule has 3 nitrogen and oxygen atoms in total. The van der Waals surface area contributed by atoms with E-state index in [1.165, 1.54) is 0 Å². The van der Waals surface area contributed by atoms with Crippen molar-refractivity contribution >= 4 is 17.9 Å². The highest BCUT2D eigenvalue weighted by Gasteiger charge is 2.16. The van der Waals surface area contributed by atoms with Crippen molar-refractivity contribution < 1.29 is 13.6 Å². The average Bonchev–Trinajstić information content (AvgIpc) is 2.17. The van der Waals surface area contributed by atoms with Crippen LogP contribution in [0.15, 0.2) is 6.07 Å². The van der Waals surface area contributed by atoms with Gasteiger partial charge in [0.25, 0.3) is 6.43 Å². The summed E-state index contributed by atoms with van der Waals surface area (Å²) in [5.74, 6) is 0. The highest BCUT2D eigenvalue weighted by molar-refractivity contribution is 6.32. The van der Waals surface area contributed by atoms with E-state index >= 15 is 0 Å². The Labute approximate surface area is 83.9 Å². The van der Waals surface area contributed by atoms with Crippen molar-refractivity contribution in [3.05, 3.63) is 28.0 Å². The van der Waals surface area contributed by atoms with Crippen LogP contribution in [0.3, 0.4) is 0 Å². The molecule has 0 unspecified atom stereocenters. The van der Waals surface area contributed by atoms with Crippen molar-refractivity contribution in [1.29, 1.82) is 0 Å². The van der Waals surface area contributed by atoms with E-state index in [4.69, 9.17) is 17.3 Å². The molecule has 0 aliphatic heterocycles. The Morgan fingerprint density at radius 1 is 1.64 bits per heavy atom. The van der Waals surface area contributed by atoms with Crippen LogP contribution in [-0.4, -0.2) is 11.3 Å². The molecule has 0 aromatic carbocycles. The molecule has 14 heavy (non-hydrogen) atoms. The number of hydrogen-bond acceptors (Lipinski definition) is 3. The van der Waals surface area contributed by atoms with Gasteiger partial charge in [-0.2, -0.15) is 0 Å². The number of nitrogens with zero attached hydrogens (tertiary/aromatic N) is 1. The van der Waals surface area contributed by atoms with Crippen molar-refractivity contribution in [2.24, 2.45) is 5.73 Å². The van der Waals surface area contributed by atoms with Gasteiger partial charge in [0, 0.05) is 12.1 Å². The molecule has 0 fully saturated rings. The van der Waals surface area contributed by atoms with E-state index in [0.29, 0.717) is 6.29 Å². The van der Waals surface area contributed by atoms with Crippen molar-refractivity contribution in [2.75, 3.05) is 0 Å². The zero-order valence-electron chi connectivity index (χ0n) is 7.01. The predicted octanol–water partition coefficient (Wildman–Crippen LogP) is 1.94. The second kappa shape index (κ2) is 4.43. The predicted molar refractivity (Wildman–Crippen MR) is 47.5 cm³/mol. The summed E-state index contributed by atoms with van der Waals surface area (Å²) < 4.78 is 24.8. The lowest BCUT2D eigenvalue weighted by atomic mass is 10.2. The Morgan fingerprint density at radius 2 is 2.29 bits per heavy atom. The summed E-state index contributed by atoms with van der Waals surface area (Å²) in [6, 6.07) is 1.02. The van der Waals surface area contributed by atoms with Crippen LogP contribution in [0.4, 0.5) is 8.78 Å². The lowest BCUT2D eigenvalue weighted by Crippen LogP contribution is -2.07. The first kappa shape index (κ1) is 11.0. The molecule has 0 bridgehead atoms. The number of carbonyl (C=O) groups excluding carboxylic acids is 1. The SMILES string of the molecule is NCc1nc(C=O)c(Cl)cc1C(F)F. The zero-order valence-corrected chi connectivity index (χ0v) is 7.76. The van der Waals surface area contributed by atoms with Gasteiger partial charge in [-0.25, -0.2) is 13.8 Å². The molecule has 76 valence electrons. The van der Waals surface area contributed by atoms with E-state index in [2.05, 4.69) is 4.98 Å². The lowest BCUT2D eigenvalue weighted by molar-refractivity contribution is 0.111. The number of alkyl halides is 2. The van der Waals surface area contributed by atoms with Gasteiger partial charge in [0.15, 0.2) is 6.29 Å². The largest absolute Gasteiger partial charge is 0.325 e. The Balaban J connectivity index is 3.31. The molecule has 1 heterocycles. The van der Waals surface area contributed by atoms with Gasteiger partial charge in [0.05, 0.1) is 10.7 Å². The molecule has 2 N–H and O–H groups in total. The van der Waals surface area contributed by atoms with Gasteiger partial charge in [-0.1, -0.05) is 11.6 Å². The third-order valence-corrected chi connectivity index (χ3v) is 1.96. The van der Waals surface area contributed by atoms with Gasteiger partial charge in [0.2, 0.25) is 0 Å². The van der Waals surface area contributed by atoms with Crippen LogP contribution in [0.5, 0.6) is 0 Å². The summed E-state index contributed by atoms with van der Waals surface area (Å²) in [5.41, 5.74) is 4.80. The number of aldehydes is 1. The number of aromatic nitrogens is 1. The van der Waals surface area contributed by atoms with Gasteiger partial charge >= 0.3 is 0 Å². The highest BCUT2D eigenvalue weighted by atomic mass is 35.5. The molecule has 0 aliphatic carbocycles. The summed E-state index contributed by atoms with van der Waals surface area (Å²) >= 11 is 5.53. The van der Waals surface area contributed by atoms with Crippen LogP contribution in [0, 0.1) is 0 Å². The first-order chi connectivity index (χ1) is 6.60. The van der Waals surface area contributed by atoms with Gasteiger partial charge in [-0.15, -0.1) is 0 Å². The van der Waals surface area contributed by atoms with Crippen molar-refractivity contribution in [3.63, 3.8) is 0 Å². The zero-order chi connectivity index (χ0) is 10.7. The molecule has 1 rings (SSSR count). The van der Waals surface area contributed by atoms with E-state index in [1.807, 2.05) is 0 Å². The van der Waals surface area contributed by atoms with E-state index in [0.717, 1.165) is 6.07 Å².